The third-order valence-electron chi connectivity index (χ3n) is 2.44. The van der Waals surface area contributed by atoms with E-state index in [2.05, 4.69) is 52.8 Å². The molecule has 0 heteroatoms. The van der Waals surface area contributed by atoms with Crippen molar-refractivity contribution in [1.29, 1.82) is 0 Å². The molecule has 0 heterocycles. The van der Waals surface area contributed by atoms with Gasteiger partial charge in [-0.2, -0.15) is 0 Å². The molecule has 12 heavy (non-hydrogen) atoms. The highest BCUT2D eigenvalue weighted by molar-refractivity contribution is 5.46. The van der Waals surface area contributed by atoms with E-state index in [9.17, 15) is 0 Å². The van der Waals surface area contributed by atoms with Crippen LogP contribution in [0.5, 0.6) is 0 Å². The van der Waals surface area contributed by atoms with Crippen LogP contribution in [0.2, 0.25) is 0 Å². The van der Waals surface area contributed by atoms with Gasteiger partial charge < -0.3 is 0 Å². The van der Waals surface area contributed by atoms with Crippen molar-refractivity contribution in [3.8, 4) is 0 Å². The van der Waals surface area contributed by atoms with Crippen molar-refractivity contribution in [2.24, 2.45) is 5.41 Å². The highest BCUT2D eigenvalue weighted by Crippen LogP contribution is 2.37. The average molecular weight is 162 g/mol. The Kier molecular flexibility index (Phi) is 2.27. The molecule has 0 unspecified atom stereocenters. The second-order valence-corrected chi connectivity index (χ2v) is 4.14. The quantitative estimate of drug-likeness (QED) is 0.507. The standard InChI is InChI=1S/C12H18/c1-6-11-10(3)7-9(2)8-12(11,4)5/h6-8H,1-5H3/b11-6+. The molecule has 0 spiro atoms. The Hall–Kier alpha value is -0.780. The zero-order valence-corrected chi connectivity index (χ0v) is 8.73. The van der Waals surface area contributed by atoms with Crippen molar-refractivity contribution in [3.63, 3.8) is 0 Å². The predicted molar refractivity (Wildman–Crippen MR) is 55.1 cm³/mol. The van der Waals surface area contributed by atoms with Crippen LogP contribution in [0.4, 0.5) is 0 Å². The van der Waals surface area contributed by atoms with E-state index >= 15 is 0 Å². The van der Waals surface area contributed by atoms with E-state index in [0.717, 1.165) is 0 Å². The summed E-state index contributed by atoms with van der Waals surface area (Å²) in [6, 6.07) is 0. The lowest BCUT2D eigenvalue weighted by Gasteiger charge is -2.29. The maximum Gasteiger partial charge on any atom is 0.00803 e. The summed E-state index contributed by atoms with van der Waals surface area (Å²) < 4.78 is 0. The molecule has 0 aromatic carbocycles. The molecule has 0 saturated carbocycles. The molecule has 66 valence electrons. The summed E-state index contributed by atoms with van der Waals surface area (Å²) >= 11 is 0. The van der Waals surface area contributed by atoms with Gasteiger partial charge in [0, 0.05) is 5.41 Å². The van der Waals surface area contributed by atoms with E-state index in [1.54, 1.807) is 0 Å². The molecule has 0 bridgehead atoms. The van der Waals surface area contributed by atoms with Gasteiger partial charge >= 0.3 is 0 Å². The minimum absolute atomic E-state index is 0.220. The molecular weight excluding hydrogens is 144 g/mol. The van der Waals surface area contributed by atoms with Gasteiger partial charge in [0.15, 0.2) is 0 Å². The molecule has 0 radical (unpaired) electrons. The van der Waals surface area contributed by atoms with Gasteiger partial charge in [0.2, 0.25) is 0 Å². The van der Waals surface area contributed by atoms with E-state index in [4.69, 9.17) is 0 Å². The molecule has 0 amide bonds. The lowest BCUT2D eigenvalue weighted by molar-refractivity contribution is 0.576. The van der Waals surface area contributed by atoms with Crippen LogP contribution in [0.25, 0.3) is 0 Å². The fourth-order valence-electron chi connectivity index (χ4n) is 2.22. The molecule has 1 aliphatic rings. The fourth-order valence-corrected chi connectivity index (χ4v) is 2.22. The van der Waals surface area contributed by atoms with Gasteiger partial charge in [-0.25, -0.2) is 0 Å². The lowest BCUT2D eigenvalue weighted by Crippen LogP contribution is -2.16. The minimum Gasteiger partial charge on any atom is -0.0833 e. The monoisotopic (exact) mass is 162 g/mol. The molecule has 0 atom stereocenters. The van der Waals surface area contributed by atoms with Gasteiger partial charge in [-0.3, -0.25) is 0 Å². The second kappa shape index (κ2) is 2.93. The largest absolute Gasteiger partial charge is 0.0833 e. The van der Waals surface area contributed by atoms with Crippen molar-refractivity contribution in [2.45, 2.75) is 34.6 Å². The number of allylic oxidation sites excluding steroid dienone is 6. The Labute approximate surface area is 75.7 Å². The normalized spacial score (nSPS) is 25.2. The molecule has 0 N–H and O–H groups in total. The zero-order chi connectivity index (χ0) is 9.35. The molecule has 0 saturated heterocycles. The highest BCUT2D eigenvalue weighted by atomic mass is 14.3. The third kappa shape index (κ3) is 1.52. The maximum atomic E-state index is 2.33. The first-order valence-electron chi connectivity index (χ1n) is 4.52. The Bertz CT molecular complexity index is 272. The summed E-state index contributed by atoms with van der Waals surface area (Å²) in [6.07, 6.45) is 6.80. The topological polar surface area (TPSA) is 0 Å². The highest BCUT2D eigenvalue weighted by Gasteiger charge is 2.23. The number of hydrogen-bond acceptors (Lipinski definition) is 0. The van der Waals surface area contributed by atoms with Crippen LogP contribution < -0.4 is 0 Å². The lowest BCUT2D eigenvalue weighted by atomic mass is 9.75. The maximum absolute atomic E-state index is 2.33. The van der Waals surface area contributed by atoms with Crippen LogP contribution in [-0.4, -0.2) is 0 Å². The number of rotatable bonds is 0. The molecule has 1 aliphatic carbocycles. The smallest absolute Gasteiger partial charge is 0.00803 e. The van der Waals surface area contributed by atoms with Gasteiger partial charge in [0.1, 0.15) is 0 Å². The fraction of sp³-hybridized carbons (Fsp3) is 0.500. The first kappa shape index (κ1) is 9.31. The molecule has 1 rings (SSSR count). The molecule has 0 fully saturated rings. The Morgan fingerprint density at radius 2 is 1.83 bits per heavy atom. The van der Waals surface area contributed by atoms with Crippen molar-refractivity contribution in [1.82, 2.24) is 0 Å². The van der Waals surface area contributed by atoms with E-state index in [1.165, 1.54) is 16.7 Å². The first-order valence-corrected chi connectivity index (χ1v) is 4.52. The summed E-state index contributed by atoms with van der Waals surface area (Å²) in [7, 11) is 0. The molecule has 0 aliphatic heterocycles. The van der Waals surface area contributed by atoms with Crippen molar-refractivity contribution < 1.29 is 0 Å². The van der Waals surface area contributed by atoms with Crippen LogP contribution in [0.3, 0.4) is 0 Å². The van der Waals surface area contributed by atoms with E-state index < -0.39 is 0 Å². The first-order chi connectivity index (χ1) is 5.47. The summed E-state index contributed by atoms with van der Waals surface area (Å²) in [5, 5.41) is 0. The van der Waals surface area contributed by atoms with Crippen molar-refractivity contribution in [2.75, 3.05) is 0 Å². The van der Waals surface area contributed by atoms with E-state index in [1.807, 2.05) is 0 Å². The van der Waals surface area contributed by atoms with Gasteiger partial charge in [-0.1, -0.05) is 37.6 Å². The van der Waals surface area contributed by atoms with Gasteiger partial charge in [0.25, 0.3) is 0 Å². The summed E-state index contributed by atoms with van der Waals surface area (Å²) in [4.78, 5) is 0. The predicted octanol–water partition coefficient (Wildman–Crippen LogP) is 3.87. The average Bonchev–Trinajstić information content (AvgIpc) is 1.82. The summed E-state index contributed by atoms with van der Waals surface area (Å²) in [5.74, 6) is 0. The third-order valence-corrected chi connectivity index (χ3v) is 2.44. The van der Waals surface area contributed by atoms with Crippen LogP contribution in [0.15, 0.2) is 34.9 Å². The Morgan fingerprint density at radius 3 is 2.25 bits per heavy atom. The Balaban J connectivity index is 3.18. The van der Waals surface area contributed by atoms with Crippen LogP contribution in [0, 0.1) is 5.41 Å². The summed E-state index contributed by atoms with van der Waals surface area (Å²) in [6.45, 7) is 11.0. The zero-order valence-electron chi connectivity index (χ0n) is 8.73. The Morgan fingerprint density at radius 1 is 1.25 bits per heavy atom. The molecule has 0 nitrogen and oxygen atoms in total. The van der Waals surface area contributed by atoms with Gasteiger partial charge in [-0.15, -0.1) is 0 Å². The van der Waals surface area contributed by atoms with E-state index in [-0.39, 0.29) is 5.41 Å². The van der Waals surface area contributed by atoms with E-state index in [0.29, 0.717) is 0 Å². The summed E-state index contributed by atoms with van der Waals surface area (Å²) in [5.41, 5.74) is 4.45. The molecular formula is C12H18. The van der Waals surface area contributed by atoms with Gasteiger partial charge in [-0.05, 0) is 31.9 Å². The minimum atomic E-state index is 0.220. The van der Waals surface area contributed by atoms with Gasteiger partial charge in [0.05, 0.1) is 0 Å². The molecule has 0 aromatic heterocycles. The number of hydrogen-bond donors (Lipinski definition) is 0. The van der Waals surface area contributed by atoms with Crippen LogP contribution in [0.1, 0.15) is 34.6 Å². The second-order valence-electron chi connectivity index (χ2n) is 4.14. The van der Waals surface area contributed by atoms with Crippen molar-refractivity contribution >= 4 is 0 Å². The van der Waals surface area contributed by atoms with Crippen LogP contribution in [-0.2, 0) is 0 Å². The SMILES string of the molecule is C/C=C1\C(C)=CC(C)=CC1(C)C. The molecule has 0 aromatic rings. The van der Waals surface area contributed by atoms with Crippen molar-refractivity contribution in [3.05, 3.63) is 34.9 Å². The van der Waals surface area contributed by atoms with Crippen LogP contribution >= 0.6 is 0 Å².